The van der Waals surface area contributed by atoms with Crippen LogP contribution in [0, 0.1) is 22.7 Å². The highest BCUT2D eigenvalue weighted by atomic mass is 16.4. The quantitative estimate of drug-likeness (QED) is 0.303. The van der Waals surface area contributed by atoms with E-state index in [2.05, 4.69) is 38.3 Å². The Bertz CT molecular complexity index is 1480. The van der Waals surface area contributed by atoms with Gasteiger partial charge in [-0.25, -0.2) is 4.79 Å². The average molecular weight is 627 g/mol. The summed E-state index contributed by atoms with van der Waals surface area (Å²) < 4.78 is 0. The van der Waals surface area contributed by atoms with Crippen LogP contribution in [0.1, 0.15) is 93.3 Å². The highest BCUT2D eigenvalue weighted by Crippen LogP contribution is 2.31. The van der Waals surface area contributed by atoms with Gasteiger partial charge in [0.05, 0.1) is 18.2 Å². The summed E-state index contributed by atoms with van der Waals surface area (Å²) in [5, 5.41) is 38.4. The molecule has 3 N–H and O–H groups in total. The van der Waals surface area contributed by atoms with Crippen LogP contribution in [0.5, 0.6) is 0 Å². The van der Waals surface area contributed by atoms with Crippen LogP contribution < -0.4 is 15.1 Å². The van der Waals surface area contributed by atoms with Crippen molar-refractivity contribution in [1.29, 1.82) is 10.7 Å². The zero-order valence-corrected chi connectivity index (χ0v) is 27.1. The topological polar surface area (TPSA) is 150 Å². The molecule has 2 aromatic rings. The lowest BCUT2D eigenvalue weighted by Crippen LogP contribution is -2.46. The first-order valence-electron chi connectivity index (χ1n) is 16.7. The maximum Gasteiger partial charge on any atom is 0.356 e. The number of amides is 1. The van der Waals surface area contributed by atoms with E-state index in [0.29, 0.717) is 30.5 Å². The number of anilines is 2. The van der Waals surface area contributed by atoms with Crippen molar-refractivity contribution in [2.75, 3.05) is 42.5 Å². The molecular formula is C35H46N8O3. The van der Waals surface area contributed by atoms with Crippen LogP contribution in [0.15, 0.2) is 41.6 Å². The Balaban J connectivity index is 0.000000219. The van der Waals surface area contributed by atoms with Crippen molar-refractivity contribution in [2.24, 2.45) is 5.92 Å². The summed E-state index contributed by atoms with van der Waals surface area (Å²) >= 11 is 0. The number of nitrogens with zero attached hydrogens (tertiary/aromatic N) is 6. The number of hydrogen-bond donors (Lipinski definition) is 3. The van der Waals surface area contributed by atoms with Crippen LogP contribution in [-0.4, -0.2) is 76.7 Å². The third kappa shape index (κ3) is 8.03. The molecule has 244 valence electrons. The summed E-state index contributed by atoms with van der Waals surface area (Å²) in [5.41, 5.74) is 4.90. The minimum atomic E-state index is -1.04. The summed E-state index contributed by atoms with van der Waals surface area (Å²) in [6.07, 6.45) is 11.2. The number of nitriles is 1. The number of carboxylic acid groups (broad SMARTS) is 1. The molecule has 1 saturated carbocycles. The molecule has 1 aliphatic carbocycles. The summed E-state index contributed by atoms with van der Waals surface area (Å²) in [7, 11) is 0. The molecule has 46 heavy (non-hydrogen) atoms. The molecule has 0 spiro atoms. The van der Waals surface area contributed by atoms with E-state index in [4.69, 9.17) is 10.5 Å². The number of amidine groups is 1. The van der Waals surface area contributed by atoms with Crippen molar-refractivity contribution in [3.8, 4) is 6.07 Å². The van der Waals surface area contributed by atoms with E-state index in [1.165, 1.54) is 38.2 Å². The number of nitrogens with one attached hydrogen (secondary N) is 2. The molecule has 1 amide bonds. The van der Waals surface area contributed by atoms with Crippen molar-refractivity contribution in [3.05, 3.63) is 58.4 Å². The molecule has 4 heterocycles. The Morgan fingerprint density at radius 1 is 0.978 bits per heavy atom. The molecule has 11 heteroatoms. The monoisotopic (exact) mass is 626 g/mol. The molecule has 4 aliphatic rings. The van der Waals surface area contributed by atoms with E-state index in [0.717, 1.165) is 86.0 Å². The highest BCUT2D eigenvalue weighted by molar-refractivity contribution is 6.09. The van der Waals surface area contributed by atoms with Gasteiger partial charge in [0.25, 0.3) is 0 Å². The van der Waals surface area contributed by atoms with Gasteiger partial charge in [0.1, 0.15) is 5.84 Å². The van der Waals surface area contributed by atoms with E-state index in [1.54, 1.807) is 13.0 Å². The number of benzene rings is 1. The number of aromatic carboxylic acids is 1. The molecule has 0 radical (unpaired) electrons. The van der Waals surface area contributed by atoms with Gasteiger partial charge >= 0.3 is 5.97 Å². The Morgan fingerprint density at radius 2 is 1.74 bits per heavy atom. The first-order valence-corrected chi connectivity index (χ1v) is 16.7. The smallest absolute Gasteiger partial charge is 0.356 e. The third-order valence-electron chi connectivity index (χ3n) is 9.63. The van der Waals surface area contributed by atoms with E-state index >= 15 is 0 Å². The second-order valence-electron chi connectivity index (χ2n) is 12.9. The van der Waals surface area contributed by atoms with Crippen LogP contribution in [0.2, 0.25) is 0 Å². The molecule has 11 nitrogen and oxygen atoms in total. The maximum atomic E-state index is 12.1. The van der Waals surface area contributed by atoms with Crippen molar-refractivity contribution in [2.45, 2.75) is 84.1 Å². The molecule has 0 bridgehead atoms. The van der Waals surface area contributed by atoms with Gasteiger partial charge in [0.15, 0.2) is 11.5 Å². The lowest BCUT2D eigenvalue weighted by atomic mass is 9.93. The largest absolute Gasteiger partial charge is 0.476 e. The predicted octanol–water partition coefficient (Wildman–Crippen LogP) is 5.13. The molecule has 1 aromatic heterocycles. The van der Waals surface area contributed by atoms with Crippen LogP contribution in [-0.2, 0) is 11.2 Å². The first kappa shape index (κ1) is 32.9. The zero-order chi connectivity index (χ0) is 32.6. The number of carbonyl (C=O) groups is 2. The zero-order valence-electron chi connectivity index (χ0n) is 27.1. The van der Waals surface area contributed by atoms with Gasteiger partial charge in [-0.3, -0.25) is 10.2 Å². The number of aryl methyl sites for hydroxylation is 1. The van der Waals surface area contributed by atoms with Gasteiger partial charge in [-0.05, 0) is 80.3 Å². The van der Waals surface area contributed by atoms with E-state index < -0.39 is 5.97 Å². The summed E-state index contributed by atoms with van der Waals surface area (Å²) in [6, 6.07) is 11.7. The SMILES string of the molecule is CC(=O)N1CCC(NC2CCCCC2)=C(C(=N)N2CCCc3cc(C#N)ccc32)C1.CC1CCN(c2ccc(C(=O)O)nn2)CC1. The van der Waals surface area contributed by atoms with Crippen LogP contribution in [0.25, 0.3) is 0 Å². The third-order valence-corrected chi connectivity index (χ3v) is 9.63. The number of carboxylic acids is 1. The summed E-state index contributed by atoms with van der Waals surface area (Å²) in [5.74, 6) is 1.06. The van der Waals surface area contributed by atoms with E-state index in [-0.39, 0.29) is 11.6 Å². The minimum absolute atomic E-state index is 0.00544. The average Bonchev–Trinajstić information content (AvgIpc) is 3.08. The van der Waals surface area contributed by atoms with E-state index in [9.17, 15) is 14.9 Å². The Labute approximate surface area is 271 Å². The number of hydrogen-bond acceptors (Lipinski definition) is 8. The van der Waals surface area contributed by atoms with Crippen molar-refractivity contribution < 1.29 is 14.7 Å². The number of fused-ring (bicyclic) bond motifs is 1. The molecule has 2 fully saturated rings. The van der Waals surface area contributed by atoms with Crippen molar-refractivity contribution in [1.82, 2.24) is 20.4 Å². The number of carbonyl (C=O) groups excluding carboxylic acids is 1. The Kier molecular flexibility index (Phi) is 10.9. The minimum Gasteiger partial charge on any atom is -0.476 e. The molecule has 6 rings (SSSR count). The van der Waals surface area contributed by atoms with Gasteiger partial charge in [0, 0.05) is 62.5 Å². The van der Waals surface area contributed by atoms with Crippen LogP contribution >= 0.6 is 0 Å². The molecule has 1 saturated heterocycles. The predicted molar refractivity (Wildman–Crippen MR) is 178 cm³/mol. The molecular weight excluding hydrogens is 580 g/mol. The van der Waals surface area contributed by atoms with Gasteiger partial charge < -0.3 is 25.1 Å². The van der Waals surface area contributed by atoms with Gasteiger partial charge in [-0.2, -0.15) is 5.26 Å². The Morgan fingerprint density at radius 3 is 2.39 bits per heavy atom. The van der Waals surface area contributed by atoms with Crippen molar-refractivity contribution >= 4 is 29.2 Å². The van der Waals surface area contributed by atoms with Crippen LogP contribution in [0.3, 0.4) is 0 Å². The van der Waals surface area contributed by atoms with Gasteiger partial charge in [0.2, 0.25) is 5.91 Å². The van der Waals surface area contributed by atoms with Gasteiger partial charge in [-0.1, -0.05) is 26.2 Å². The second-order valence-corrected chi connectivity index (χ2v) is 12.9. The molecule has 0 unspecified atom stereocenters. The van der Waals surface area contributed by atoms with Crippen LogP contribution in [0.4, 0.5) is 11.5 Å². The van der Waals surface area contributed by atoms with Gasteiger partial charge in [-0.15, -0.1) is 10.2 Å². The van der Waals surface area contributed by atoms with Crippen molar-refractivity contribution in [3.63, 3.8) is 0 Å². The number of rotatable bonds is 5. The standard InChI is InChI=1S/C24H31N5O.C11H15N3O2/c1-17(30)28-13-11-22(27-20-7-3-2-4-8-20)21(16-28)24(26)29-12-5-6-19-14-18(15-25)9-10-23(19)29;1-8-4-6-14(7-5-8)10-3-2-9(11(15)16)12-13-10/h9-10,14,20,26-27H,2-8,11-13,16H2,1H3;2-3,8H,4-7H2,1H3,(H,15,16). The molecule has 0 atom stereocenters. The fourth-order valence-corrected chi connectivity index (χ4v) is 6.81. The normalized spacial score (nSPS) is 19.0. The summed E-state index contributed by atoms with van der Waals surface area (Å²) in [6.45, 7) is 7.80. The molecule has 1 aromatic carbocycles. The Hall–Kier alpha value is -4.46. The fraction of sp³-hybridized carbons (Fsp3) is 0.543. The number of aromatic nitrogens is 2. The lowest BCUT2D eigenvalue weighted by molar-refractivity contribution is -0.128. The summed E-state index contributed by atoms with van der Waals surface area (Å²) in [4.78, 5) is 28.8. The number of piperidine rings is 1. The first-order chi connectivity index (χ1) is 22.2. The van der Waals surface area contributed by atoms with E-state index in [1.807, 2.05) is 23.1 Å². The lowest BCUT2D eigenvalue weighted by Gasteiger charge is -2.38. The maximum absolute atomic E-state index is 12.1. The highest BCUT2D eigenvalue weighted by Gasteiger charge is 2.30. The fourth-order valence-electron chi connectivity index (χ4n) is 6.81. The second kappa shape index (κ2) is 15.2. The molecule has 3 aliphatic heterocycles.